The molecule has 5 heteroatoms. The van der Waals surface area contributed by atoms with Gasteiger partial charge in [-0.1, -0.05) is 48.5 Å². The molecule has 1 heterocycles. The Balaban J connectivity index is 1.67. The van der Waals surface area contributed by atoms with Crippen LogP contribution in [0.25, 0.3) is 0 Å². The summed E-state index contributed by atoms with van der Waals surface area (Å²) in [6, 6.07) is 16.3. The summed E-state index contributed by atoms with van der Waals surface area (Å²) in [5.41, 5.74) is 11.8. The van der Waals surface area contributed by atoms with Gasteiger partial charge >= 0.3 is 0 Å². The maximum Gasteiger partial charge on any atom is 0.223 e. The van der Waals surface area contributed by atoms with E-state index >= 15 is 0 Å². The predicted molar refractivity (Wildman–Crippen MR) is 107 cm³/mol. The van der Waals surface area contributed by atoms with Crippen LogP contribution in [0.15, 0.2) is 54.9 Å². The maximum atomic E-state index is 12.0. The molecule has 0 radical (unpaired) electrons. The van der Waals surface area contributed by atoms with Gasteiger partial charge < -0.3 is 10.3 Å². The van der Waals surface area contributed by atoms with Gasteiger partial charge in [0.1, 0.15) is 5.78 Å². The molecule has 1 aliphatic carbocycles. The molecule has 2 N–H and O–H groups in total. The highest BCUT2D eigenvalue weighted by molar-refractivity contribution is 5.83. The van der Waals surface area contributed by atoms with Gasteiger partial charge in [0.25, 0.3) is 0 Å². The normalized spacial score (nSPS) is 13.4. The second kappa shape index (κ2) is 7.80. The molecule has 0 fully saturated rings. The molecular formula is C23H23N3O2. The van der Waals surface area contributed by atoms with E-state index in [9.17, 15) is 9.59 Å². The summed E-state index contributed by atoms with van der Waals surface area (Å²) in [5, 5.41) is 0. The van der Waals surface area contributed by atoms with Gasteiger partial charge in [-0.3, -0.25) is 9.59 Å². The Bertz CT molecular complexity index is 1020. The molecule has 1 aliphatic rings. The number of Topliss-reactive ketones (excluding diaryl/α,β-unsaturated/α-hetero) is 1. The molecule has 0 spiro atoms. The Morgan fingerprint density at radius 2 is 1.89 bits per heavy atom. The molecular weight excluding hydrogens is 350 g/mol. The molecule has 4 rings (SSSR count). The molecule has 28 heavy (non-hydrogen) atoms. The van der Waals surface area contributed by atoms with E-state index in [4.69, 9.17) is 5.73 Å². The van der Waals surface area contributed by atoms with Gasteiger partial charge in [-0.2, -0.15) is 0 Å². The van der Waals surface area contributed by atoms with Gasteiger partial charge in [-0.15, -0.1) is 0 Å². The third kappa shape index (κ3) is 3.88. The number of nitrogens with two attached hydrogens (primary N) is 1. The molecule has 0 saturated heterocycles. The van der Waals surface area contributed by atoms with Crippen LogP contribution in [-0.2, 0) is 41.8 Å². The number of hydrogen-bond acceptors (Lipinski definition) is 3. The lowest BCUT2D eigenvalue weighted by atomic mass is 9.87. The highest BCUT2D eigenvalue weighted by atomic mass is 16.1. The summed E-state index contributed by atoms with van der Waals surface area (Å²) in [6.07, 6.45) is 4.50. The molecule has 0 unspecified atom stereocenters. The van der Waals surface area contributed by atoms with Crippen molar-refractivity contribution in [1.82, 2.24) is 9.55 Å². The molecule has 0 saturated carbocycles. The predicted octanol–water partition coefficient (Wildman–Crippen LogP) is 2.61. The van der Waals surface area contributed by atoms with E-state index in [-0.39, 0.29) is 18.1 Å². The lowest BCUT2D eigenvalue weighted by Gasteiger charge is -2.19. The smallest absolute Gasteiger partial charge is 0.223 e. The number of rotatable bonds is 6. The minimum Gasteiger partial charge on any atom is -0.369 e. The number of amides is 1. The zero-order chi connectivity index (χ0) is 19.5. The Kier molecular flexibility index (Phi) is 5.06. The number of nitrogens with zero attached hydrogens (tertiary/aromatic N) is 2. The fraction of sp³-hybridized carbons (Fsp3) is 0.261. The number of imidazole rings is 1. The highest BCUT2D eigenvalue weighted by Crippen LogP contribution is 2.25. The summed E-state index contributed by atoms with van der Waals surface area (Å²) in [6.45, 7) is 0.584. The highest BCUT2D eigenvalue weighted by Gasteiger charge is 2.20. The number of hydrogen-bond donors (Lipinski definition) is 1. The molecule has 0 aliphatic heterocycles. The van der Waals surface area contributed by atoms with Crippen LogP contribution in [0, 0.1) is 0 Å². The monoisotopic (exact) mass is 373 g/mol. The van der Waals surface area contributed by atoms with Crippen molar-refractivity contribution in [3.8, 4) is 0 Å². The van der Waals surface area contributed by atoms with Gasteiger partial charge in [0.2, 0.25) is 5.91 Å². The zero-order valence-electron chi connectivity index (χ0n) is 15.7. The van der Waals surface area contributed by atoms with Crippen molar-refractivity contribution in [3.63, 3.8) is 0 Å². The molecule has 0 atom stereocenters. The molecule has 5 nitrogen and oxygen atoms in total. The van der Waals surface area contributed by atoms with E-state index < -0.39 is 0 Å². The number of carbonyl (C=O) groups is 2. The number of primary amides is 1. The van der Waals surface area contributed by atoms with Gasteiger partial charge in [0.15, 0.2) is 0 Å². The van der Waals surface area contributed by atoms with Crippen molar-refractivity contribution in [1.29, 1.82) is 0 Å². The van der Waals surface area contributed by atoms with E-state index in [1.54, 1.807) is 6.33 Å². The standard InChI is InChI=1S/C23H23N3O2/c24-23(28)13-22-21(11-16-5-2-1-3-6-16)25-15-26(22)14-18-8-4-7-17-9-10-19(27)12-20(17)18/h1-8,15H,9-14H2,(H2,24,28). The first-order valence-corrected chi connectivity index (χ1v) is 9.56. The SMILES string of the molecule is NC(=O)Cc1c(Cc2ccccc2)ncn1Cc1cccc2c1CC(=O)CC2. The Labute approximate surface area is 164 Å². The van der Waals surface area contributed by atoms with E-state index in [1.807, 2.05) is 41.0 Å². The summed E-state index contributed by atoms with van der Waals surface area (Å²) < 4.78 is 2.00. The Morgan fingerprint density at radius 3 is 2.68 bits per heavy atom. The number of fused-ring (bicyclic) bond motifs is 1. The van der Waals surface area contributed by atoms with Crippen molar-refractivity contribution in [2.75, 3.05) is 0 Å². The van der Waals surface area contributed by atoms with Gasteiger partial charge in [0.05, 0.1) is 24.1 Å². The van der Waals surface area contributed by atoms with Crippen LogP contribution in [0.5, 0.6) is 0 Å². The van der Waals surface area contributed by atoms with E-state index in [0.717, 1.165) is 34.5 Å². The lowest BCUT2D eigenvalue weighted by Crippen LogP contribution is -2.19. The summed E-state index contributed by atoms with van der Waals surface area (Å²) in [7, 11) is 0. The number of benzene rings is 2. The first-order valence-electron chi connectivity index (χ1n) is 9.56. The quantitative estimate of drug-likeness (QED) is 0.721. The minimum absolute atomic E-state index is 0.149. The van der Waals surface area contributed by atoms with Crippen LogP contribution in [0.1, 0.15) is 40.1 Å². The van der Waals surface area contributed by atoms with Gasteiger partial charge in [-0.05, 0) is 28.7 Å². The van der Waals surface area contributed by atoms with Crippen LogP contribution >= 0.6 is 0 Å². The van der Waals surface area contributed by atoms with E-state index in [0.29, 0.717) is 25.8 Å². The van der Waals surface area contributed by atoms with Crippen molar-refractivity contribution in [2.45, 2.75) is 38.6 Å². The lowest BCUT2D eigenvalue weighted by molar-refractivity contribution is -0.119. The summed E-state index contributed by atoms with van der Waals surface area (Å²) in [4.78, 5) is 28.2. The maximum absolute atomic E-state index is 12.0. The van der Waals surface area contributed by atoms with Gasteiger partial charge in [-0.25, -0.2) is 4.98 Å². The number of aromatic nitrogens is 2. The van der Waals surface area contributed by atoms with Crippen LogP contribution < -0.4 is 5.73 Å². The van der Waals surface area contributed by atoms with E-state index in [2.05, 4.69) is 17.1 Å². The van der Waals surface area contributed by atoms with Crippen LogP contribution in [0.3, 0.4) is 0 Å². The molecule has 0 bridgehead atoms. The minimum atomic E-state index is -0.374. The number of aryl methyl sites for hydroxylation is 1. The Hall–Kier alpha value is -3.21. The molecule has 2 aromatic carbocycles. The molecule has 142 valence electrons. The Morgan fingerprint density at radius 1 is 1.07 bits per heavy atom. The van der Waals surface area contributed by atoms with Crippen molar-refractivity contribution in [2.24, 2.45) is 5.73 Å². The molecule has 1 aromatic heterocycles. The average molecular weight is 373 g/mol. The first kappa shape index (κ1) is 18.2. The fourth-order valence-corrected chi connectivity index (χ4v) is 3.93. The third-order valence-electron chi connectivity index (χ3n) is 5.35. The second-order valence-corrected chi connectivity index (χ2v) is 7.34. The molecule has 3 aromatic rings. The van der Waals surface area contributed by atoms with Crippen LogP contribution in [-0.4, -0.2) is 21.2 Å². The molecule has 1 amide bonds. The topological polar surface area (TPSA) is 78.0 Å². The van der Waals surface area contributed by atoms with Gasteiger partial charge in [0, 0.05) is 25.8 Å². The van der Waals surface area contributed by atoms with Crippen molar-refractivity contribution >= 4 is 11.7 Å². The average Bonchev–Trinajstić information content (AvgIpc) is 3.04. The summed E-state index contributed by atoms with van der Waals surface area (Å²) >= 11 is 0. The fourth-order valence-electron chi connectivity index (χ4n) is 3.93. The third-order valence-corrected chi connectivity index (χ3v) is 5.35. The van der Waals surface area contributed by atoms with Crippen molar-refractivity contribution in [3.05, 3.63) is 88.5 Å². The second-order valence-electron chi connectivity index (χ2n) is 7.34. The van der Waals surface area contributed by atoms with E-state index in [1.165, 1.54) is 5.56 Å². The summed E-state index contributed by atoms with van der Waals surface area (Å²) in [5.74, 6) is -0.0889. The zero-order valence-corrected chi connectivity index (χ0v) is 15.7. The first-order chi connectivity index (χ1) is 13.6. The van der Waals surface area contributed by atoms with Crippen LogP contribution in [0.2, 0.25) is 0 Å². The number of ketones is 1. The largest absolute Gasteiger partial charge is 0.369 e. The number of carbonyl (C=O) groups excluding carboxylic acids is 2. The van der Waals surface area contributed by atoms with Crippen LogP contribution in [0.4, 0.5) is 0 Å². The van der Waals surface area contributed by atoms with Crippen molar-refractivity contribution < 1.29 is 9.59 Å².